The molecule has 3 aromatic rings. The Balaban J connectivity index is 1.55. The number of hydrogen-bond donors (Lipinski definition) is 2. The number of aromatic amines is 1. The number of nitrogens with one attached hydrogen (secondary N) is 2. The summed E-state index contributed by atoms with van der Waals surface area (Å²) in [6.07, 6.45) is 7.95. The molecule has 1 fully saturated rings. The third-order valence-electron chi connectivity index (χ3n) is 6.68. The van der Waals surface area contributed by atoms with Gasteiger partial charge in [-0.1, -0.05) is 37.6 Å². The Bertz CT molecular complexity index is 1070. The van der Waals surface area contributed by atoms with Gasteiger partial charge in [0.15, 0.2) is 0 Å². The Labute approximate surface area is 171 Å². The fourth-order valence-electron chi connectivity index (χ4n) is 4.81. The van der Waals surface area contributed by atoms with Crippen molar-refractivity contribution in [1.29, 1.82) is 0 Å². The molecular formula is C24H30N4O. The minimum absolute atomic E-state index is 0.0921. The van der Waals surface area contributed by atoms with Crippen molar-refractivity contribution in [1.82, 2.24) is 20.1 Å². The quantitative estimate of drug-likeness (QED) is 0.668. The summed E-state index contributed by atoms with van der Waals surface area (Å²) in [6, 6.07) is 8.72. The van der Waals surface area contributed by atoms with Crippen LogP contribution in [0.25, 0.3) is 11.0 Å². The van der Waals surface area contributed by atoms with Crippen molar-refractivity contribution in [2.75, 3.05) is 6.54 Å². The van der Waals surface area contributed by atoms with Crippen LogP contribution in [-0.2, 0) is 25.9 Å². The van der Waals surface area contributed by atoms with Crippen LogP contribution in [0, 0.1) is 0 Å². The third-order valence-corrected chi connectivity index (χ3v) is 6.68. The molecule has 2 N–H and O–H groups in total. The van der Waals surface area contributed by atoms with E-state index in [0.717, 1.165) is 43.6 Å². The first-order valence-corrected chi connectivity index (χ1v) is 11.2. The average molecular weight is 391 g/mol. The minimum atomic E-state index is 0.0921. The summed E-state index contributed by atoms with van der Waals surface area (Å²) in [4.78, 5) is 16.0. The Morgan fingerprint density at radius 3 is 2.48 bits per heavy atom. The van der Waals surface area contributed by atoms with Gasteiger partial charge in [0.25, 0.3) is 5.56 Å². The fourth-order valence-corrected chi connectivity index (χ4v) is 4.81. The first-order valence-electron chi connectivity index (χ1n) is 11.2. The van der Waals surface area contributed by atoms with E-state index in [-0.39, 0.29) is 5.56 Å². The lowest BCUT2D eigenvalue weighted by Gasteiger charge is -2.25. The van der Waals surface area contributed by atoms with E-state index in [2.05, 4.69) is 41.5 Å². The summed E-state index contributed by atoms with van der Waals surface area (Å²) in [6.45, 7) is 4.69. The second-order valence-corrected chi connectivity index (χ2v) is 8.61. The molecule has 2 aliphatic carbocycles. The second-order valence-electron chi connectivity index (χ2n) is 8.61. The highest BCUT2D eigenvalue weighted by atomic mass is 16.1. The van der Waals surface area contributed by atoms with Gasteiger partial charge < -0.3 is 10.3 Å². The van der Waals surface area contributed by atoms with Crippen LogP contribution in [-0.4, -0.2) is 21.3 Å². The van der Waals surface area contributed by atoms with Crippen LogP contribution >= 0.6 is 0 Å². The smallest absolute Gasteiger partial charge is 0.253 e. The maximum absolute atomic E-state index is 12.8. The normalized spacial score (nSPS) is 16.7. The summed E-state index contributed by atoms with van der Waals surface area (Å²) in [5.41, 5.74) is 7.04. The number of fused-ring (bicyclic) bond motifs is 3. The summed E-state index contributed by atoms with van der Waals surface area (Å²) in [5, 5.41) is 9.68. The SMILES string of the molecule is CCNCc1ccc(Cn2nc(C3CCC3)c3c4c(c(=O)[nH]c32)CCCC4)cc1. The first-order chi connectivity index (χ1) is 14.2. The van der Waals surface area contributed by atoms with Crippen molar-refractivity contribution in [2.24, 2.45) is 0 Å². The summed E-state index contributed by atoms with van der Waals surface area (Å²) in [5.74, 6) is 0.554. The van der Waals surface area contributed by atoms with Crippen LogP contribution in [0.4, 0.5) is 0 Å². The highest BCUT2D eigenvalue weighted by Crippen LogP contribution is 2.41. The maximum Gasteiger partial charge on any atom is 0.253 e. The number of aryl methyl sites for hydroxylation is 1. The number of rotatable bonds is 6. The molecule has 0 unspecified atom stereocenters. The Kier molecular flexibility index (Phi) is 5.00. The molecular weight excluding hydrogens is 360 g/mol. The molecule has 2 aromatic heterocycles. The molecule has 0 aliphatic heterocycles. The molecule has 5 nitrogen and oxygen atoms in total. The zero-order chi connectivity index (χ0) is 19.8. The largest absolute Gasteiger partial charge is 0.313 e. The lowest BCUT2D eigenvalue weighted by Crippen LogP contribution is -2.20. The van der Waals surface area contributed by atoms with E-state index in [1.807, 2.05) is 4.68 Å². The van der Waals surface area contributed by atoms with Gasteiger partial charge in [-0.25, -0.2) is 4.68 Å². The Morgan fingerprint density at radius 2 is 1.79 bits per heavy atom. The minimum Gasteiger partial charge on any atom is -0.313 e. The van der Waals surface area contributed by atoms with Gasteiger partial charge in [-0.2, -0.15) is 5.10 Å². The van der Waals surface area contributed by atoms with Gasteiger partial charge in [0.1, 0.15) is 5.65 Å². The monoisotopic (exact) mass is 390 g/mol. The van der Waals surface area contributed by atoms with Gasteiger partial charge in [-0.15, -0.1) is 0 Å². The summed E-state index contributed by atoms with van der Waals surface area (Å²) in [7, 11) is 0. The lowest BCUT2D eigenvalue weighted by molar-refractivity contribution is 0.408. The topological polar surface area (TPSA) is 62.7 Å². The van der Waals surface area contributed by atoms with Gasteiger partial charge in [-0.3, -0.25) is 4.79 Å². The predicted molar refractivity (Wildman–Crippen MR) is 117 cm³/mol. The van der Waals surface area contributed by atoms with E-state index in [1.54, 1.807) is 0 Å². The van der Waals surface area contributed by atoms with Crippen LogP contribution < -0.4 is 10.9 Å². The molecule has 2 aliphatic rings. The lowest BCUT2D eigenvalue weighted by atomic mass is 9.80. The summed E-state index contributed by atoms with van der Waals surface area (Å²) >= 11 is 0. The van der Waals surface area contributed by atoms with Crippen LogP contribution in [0.3, 0.4) is 0 Å². The molecule has 2 heterocycles. The molecule has 0 spiro atoms. The van der Waals surface area contributed by atoms with Crippen molar-refractivity contribution in [3.05, 3.63) is 62.6 Å². The molecule has 0 radical (unpaired) electrons. The zero-order valence-corrected chi connectivity index (χ0v) is 17.3. The average Bonchev–Trinajstić information content (AvgIpc) is 3.04. The number of hydrogen-bond acceptors (Lipinski definition) is 3. The molecule has 5 rings (SSSR count). The van der Waals surface area contributed by atoms with E-state index in [1.165, 1.54) is 53.5 Å². The first kappa shape index (κ1) is 18.6. The number of H-pyrrole nitrogens is 1. The van der Waals surface area contributed by atoms with Crippen molar-refractivity contribution in [3.8, 4) is 0 Å². The van der Waals surface area contributed by atoms with E-state index >= 15 is 0 Å². The molecule has 152 valence electrons. The maximum atomic E-state index is 12.8. The highest BCUT2D eigenvalue weighted by Gasteiger charge is 2.29. The number of nitrogens with zero attached hydrogens (tertiary/aromatic N) is 2. The Hall–Kier alpha value is -2.40. The van der Waals surface area contributed by atoms with Crippen LogP contribution in [0.5, 0.6) is 0 Å². The molecule has 5 heteroatoms. The van der Waals surface area contributed by atoms with Crippen molar-refractivity contribution >= 4 is 11.0 Å². The fraction of sp³-hybridized carbons (Fsp3) is 0.500. The molecule has 0 atom stereocenters. The Morgan fingerprint density at radius 1 is 1.07 bits per heavy atom. The van der Waals surface area contributed by atoms with E-state index in [9.17, 15) is 4.79 Å². The molecule has 1 saturated carbocycles. The third kappa shape index (κ3) is 3.42. The van der Waals surface area contributed by atoms with Gasteiger partial charge in [-0.05, 0) is 61.8 Å². The second kappa shape index (κ2) is 7.79. The van der Waals surface area contributed by atoms with Crippen molar-refractivity contribution in [3.63, 3.8) is 0 Å². The van der Waals surface area contributed by atoms with E-state index < -0.39 is 0 Å². The van der Waals surface area contributed by atoms with Crippen LogP contribution in [0.1, 0.15) is 72.9 Å². The van der Waals surface area contributed by atoms with Gasteiger partial charge in [0.05, 0.1) is 12.2 Å². The summed E-state index contributed by atoms with van der Waals surface area (Å²) < 4.78 is 2.04. The van der Waals surface area contributed by atoms with E-state index in [0.29, 0.717) is 12.5 Å². The predicted octanol–water partition coefficient (Wildman–Crippen LogP) is 4.03. The van der Waals surface area contributed by atoms with Crippen LogP contribution in [0.2, 0.25) is 0 Å². The number of aromatic nitrogens is 3. The standard InChI is InChI=1S/C24H30N4O/c1-2-25-14-16-10-12-17(13-11-16)15-28-23-21(22(27-28)18-6-5-7-18)19-8-3-4-9-20(19)24(29)26-23/h10-13,18,25H,2-9,14-15H2,1H3,(H,26,29). The molecule has 0 bridgehead atoms. The zero-order valence-electron chi connectivity index (χ0n) is 17.3. The van der Waals surface area contributed by atoms with Gasteiger partial charge in [0.2, 0.25) is 0 Å². The van der Waals surface area contributed by atoms with Crippen LogP contribution in [0.15, 0.2) is 29.1 Å². The van der Waals surface area contributed by atoms with Crippen molar-refractivity contribution < 1.29 is 0 Å². The number of pyridine rings is 1. The highest BCUT2D eigenvalue weighted by molar-refractivity contribution is 5.84. The number of benzene rings is 1. The van der Waals surface area contributed by atoms with Gasteiger partial charge >= 0.3 is 0 Å². The molecule has 29 heavy (non-hydrogen) atoms. The molecule has 0 saturated heterocycles. The molecule has 1 aromatic carbocycles. The van der Waals surface area contributed by atoms with Gasteiger partial charge in [0, 0.05) is 23.4 Å². The van der Waals surface area contributed by atoms with Crippen molar-refractivity contribution in [2.45, 2.75) is 70.9 Å². The molecule has 0 amide bonds. The van der Waals surface area contributed by atoms with E-state index in [4.69, 9.17) is 5.10 Å².